The normalized spacial score (nSPS) is 14.9. The number of allylic oxidation sites excluding steroid dienone is 3. The summed E-state index contributed by atoms with van der Waals surface area (Å²) in [4.78, 5) is 0. The molecule has 2 heteroatoms. The third-order valence-electron chi connectivity index (χ3n) is 1.12. The van der Waals surface area contributed by atoms with Crippen LogP contribution in [0.15, 0.2) is 24.0 Å². The van der Waals surface area contributed by atoms with Gasteiger partial charge in [-0.25, -0.2) is 0 Å². The fourth-order valence-corrected chi connectivity index (χ4v) is 0.818. The molecule has 0 N–H and O–H groups in total. The molecule has 0 aromatic heterocycles. The maximum atomic E-state index is 5.41. The first-order valence-electron chi connectivity index (χ1n) is 3.31. The zero-order valence-corrected chi connectivity index (χ0v) is 9.56. The van der Waals surface area contributed by atoms with Crippen molar-refractivity contribution in [3.05, 3.63) is 24.0 Å². The molecule has 0 aromatic carbocycles. The summed E-state index contributed by atoms with van der Waals surface area (Å²) in [6.45, 7) is 4.08. The van der Waals surface area contributed by atoms with Crippen molar-refractivity contribution < 1.29 is 46.5 Å². The maximum absolute atomic E-state index is 5.41. The van der Waals surface area contributed by atoms with Crippen LogP contribution in [0.5, 0.6) is 0 Å². The minimum atomic E-state index is 0. The van der Waals surface area contributed by atoms with Gasteiger partial charge in [0.25, 0.3) is 0 Å². The fraction of sp³-hybridized carbons (Fsp3) is 0.500. The molecule has 0 bridgehead atoms. The molecular weight excluding hydrogens is 252 g/mol. The van der Waals surface area contributed by atoms with Gasteiger partial charge in [0, 0.05) is 48.2 Å². The van der Waals surface area contributed by atoms with Crippen LogP contribution in [0, 0.1) is 41.7 Å². The molecule has 0 amide bonds. The van der Waals surface area contributed by atoms with E-state index >= 15 is 0 Å². The molecule has 54 valence electrons. The zero-order valence-electron chi connectivity index (χ0n) is 6.42. The molecule has 0 aromatic rings. The molecular formula is C8H12CeO. The van der Waals surface area contributed by atoms with Crippen LogP contribution in [-0.2, 0) is 4.74 Å². The SMILES string of the molecule is CC(C)OC1=CC=CC1.[Ce]. The summed E-state index contributed by atoms with van der Waals surface area (Å²) in [7, 11) is 0. The van der Waals surface area contributed by atoms with E-state index in [1.165, 1.54) is 0 Å². The van der Waals surface area contributed by atoms with Gasteiger partial charge in [-0.3, -0.25) is 0 Å². The molecule has 1 aliphatic rings. The van der Waals surface area contributed by atoms with Crippen molar-refractivity contribution in [2.45, 2.75) is 26.4 Å². The van der Waals surface area contributed by atoms with Gasteiger partial charge in [0.1, 0.15) is 5.76 Å². The molecule has 0 spiro atoms. The molecule has 0 atom stereocenters. The molecule has 0 saturated heterocycles. The summed E-state index contributed by atoms with van der Waals surface area (Å²) in [6.07, 6.45) is 7.42. The zero-order chi connectivity index (χ0) is 6.69. The van der Waals surface area contributed by atoms with Gasteiger partial charge < -0.3 is 4.74 Å². The van der Waals surface area contributed by atoms with Gasteiger partial charge in [-0.15, -0.1) is 0 Å². The Kier molecular flexibility index (Phi) is 5.68. The fourth-order valence-electron chi connectivity index (χ4n) is 0.818. The Bertz CT molecular complexity index is 147. The van der Waals surface area contributed by atoms with E-state index in [4.69, 9.17) is 4.74 Å². The van der Waals surface area contributed by atoms with Gasteiger partial charge in [0.15, 0.2) is 0 Å². The van der Waals surface area contributed by atoms with Crippen LogP contribution >= 0.6 is 0 Å². The molecule has 0 heterocycles. The number of hydrogen-bond donors (Lipinski definition) is 0. The summed E-state index contributed by atoms with van der Waals surface area (Å²) in [5, 5.41) is 0. The number of hydrogen-bond acceptors (Lipinski definition) is 1. The molecule has 1 rings (SSSR count). The first kappa shape index (κ1) is 10.7. The molecule has 10 heavy (non-hydrogen) atoms. The Morgan fingerprint density at radius 1 is 1.50 bits per heavy atom. The Morgan fingerprint density at radius 2 is 2.20 bits per heavy atom. The van der Waals surface area contributed by atoms with Gasteiger partial charge in [-0.1, -0.05) is 12.2 Å². The Morgan fingerprint density at radius 3 is 2.60 bits per heavy atom. The largest absolute Gasteiger partial charge is 0.495 e. The van der Waals surface area contributed by atoms with Gasteiger partial charge in [-0.05, 0) is 19.9 Å². The third-order valence-corrected chi connectivity index (χ3v) is 1.12. The van der Waals surface area contributed by atoms with Crippen molar-refractivity contribution in [1.82, 2.24) is 0 Å². The van der Waals surface area contributed by atoms with E-state index in [1.807, 2.05) is 26.0 Å². The van der Waals surface area contributed by atoms with E-state index in [2.05, 4.69) is 6.08 Å². The van der Waals surface area contributed by atoms with E-state index in [-0.39, 0.29) is 41.7 Å². The maximum Gasteiger partial charge on any atom is 0.100 e. The molecule has 0 saturated carbocycles. The number of rotatable bonds is 2. The Balaban J connectivity index is 0.000000810. The van der Waals surface area contributed by atoms with E-state index in [0.717, 1.165) is 12.2 Å². The quantitative estimate of drug-likeness (QED) is 0.743. The van der Waals surface area contributed by atoms with E-state index in [1.54, 1.807) is 0 Å². The minimum absolute atomic E-state index is 0. The van der Waals surface area contributed by atoms with Crippen LogP contribution < -0.4 is 0 Å². The van der Waals surface area contributed by atoms with Crippen LogP contribution in [0.1, 0.15) is 20.3 Å². The van der Waals surface area contributed by atoms with Crippen LogP contribution in [0.2, 0.25) is 0 Å². The third kappa shape index (κ3) is 3.73. The van der Waals surface area contributed by atoms with Gasteiger partial charge in [-0.2, -0.15) is 0 Å². The second kappa shape index (κ2) is 5.33. The van der Waals surface area contributed by atoms with E-state index in [0.29, 0.717) is 6.10 Å². The van der Waals surface area contributed by atoms with Crippen molar-refractivity contribution >= 4 is 0 Å². The summed E-state index contributed by atoms with van der Waals surface area (Å²) in [6, 6.07) is 0. The monoisotopic (exact) mass is 264 g/mol. The first-order chi connectivity index (χ1) is 4.29. The van der Waals surface area contributed by atoms with Crippen molar-refractivity contribution in [1.29, 1.82) is 0 Å². The summed E-state index contributed by atoms with van der Waals surface area (Å²) in [5.41, 5.74) is 0. The van der Waals surface area contributed by atoms with Crippen LogP contribution in [0.3, 0.4) is 0 Å². The summed E-state index contributed by atoms with van der Waals surface area (Å²) < 4.78 is 5.41. The van der Waals surface area contributed by atoms with Gasteiger partial charge >= 0.3 is 0 Å². The molecule has 0 aliphatic heterocycles. The van der Waals surface area contributed by atoms with Crippen molar-refractivity contribution in [2.75, 3.05) is 0 Å². The van der Waals surface area contributed by atoms with Crippen LogP contribution in [-0.4, -0.2) is 6.10 Å². The second-order valence-corrected chi connectivity index (χ2v) is 2.43. The van der Waals surface area contributed by atoms with Gasteiger partial charge in [0.05, 0.1) is 6.10 Å². The molecule has 1 aliphatic carbocycles. The molecule has 1 nitrogen and oxygen atoms in total. The summed E-state index contributed by atoms with van der Waals surface area (Å²) in [5.74, 6) is 1.09. The average molecular weight is 264 g/mol. The van der Waals surface area contributed by atoms with Crippen molar-refractivity contribution in [3.63, 3.8) is 0 Å². The number of ether oxygens (including phenoxy) is 1. The van der Waals surface area contributed by atoms with Crippen molar-refractivity contribution in [3.8, 4) is 0 Å². The predicted molar refractivity (Wildman–Crippen MR) is 38.1 cm³/mol. The average Bonchev–Trinajstić information content (AvgIpc) is 2.15. The van der Waals surface area contributed by atoms with Gasteiger partial charge in [0.2, 0.25) is 0 Å². The minimum Gasteiger partial charge on any atom is -0.495 e. The van der Waals surface area contributed by atoms with E-state index < -0.39 is 0 Å². The van der Waals surface area contributed by atoms with Crippen LogP contribution in [0.25, 0.3) is 0 Å². The molecule has 0 radical (unpaired) electrons. The topological polar surface area (TPSA) is 9.23 Å². The molecule has 0 fully saturated rings. The predicted octanol–water partition coefficient (Wildman–Crippen LogP) is 2.26. The Hall–Kier alpha value is 0.657. The first-order valence-corrected chi connectivity index (χ1v) is 3.31. The molecule has 0 unspecified atom stereocenters. The smallest absolute Gasteiger partial charge is 0.100 e. The van der Waals surface area contributed by atoms with Crippen LogP contribution in [0.4, 0.5) is 0 Å². The second-order valence-electron chi connectivity index (χ2n) is 2.43. The summed E-state index contributed by atoms with van der Waals surface area (Å²) >= 11 is 0. The Labute approximate surface area is 95.9 Å². The van der Waals surface area contributed by atoms with E-state index in [9.17, 15) is 0 Å². The van der Waals surface area contributed by atoms with Crippen molar-refractivity contribution in [2.24, 2.45) is 0 Å². The standard InChI is InChI=1S/C8H12O.Ce/c1-7(2)9-8-5-3-4-6-8;/h3-5,7H,6H2,1-2H3;.